The maximum absolute atomic E-state index is 16.6. The van der Waals surface area contributed by atoms with Crippen molar-refractivity contribution in [3.63, 3.8) is 0 Å². The lowest BCUT2D eigenvalue weighted by atomic mass is 9.76. The Balaban J connectivity index is 1.82. The standard InChI is InChI=1S/C62H79FO13/c1-11-13-14-17-45-20-22-47(23-21-45)48-24-26-52(55(63)33-48)54-32-49(18-15-28-71-57(66)40(3)4)53(31-46(54)12-2)50-25-27-56(51(30-50)19-16-29-72-60(69)43(9)34-64)73-36-62(37-74-58(67)41(5)6,38-75-59(68)42(7)8)39-76-61(70)44(10)35-65/h24-27,30-33,45,47,64-65H,3,5,7,9-23,28-29,34-39H2,1-2,4,6,8H3. The number of ether oxygens (including phenoxy) is 6. The summed E-state index contributed by atoms with van der Waals surface area (Å²) in [5.41, 5.74) is 4.83. The molecule has 76 heavy (non-hydrogen) atoms. The van der Waals surface area contributed by atoms with Crippen LogP contribution in [-0.2, 0) is 66.9 Å². The van der Waals surface area contributed by atoms with Gasteiger partial charge in [-0.2, -0.15) is 0 Å². The van der Waals surface area contributed by atoms with Crippen molar-refractivity contribution in [1.82, 2.24) is 0 Å². The van der Waals surface area contributed by atoms with E-state index in [0.717, 1.165) is 65.0 Å². The molecule has 0 aromatic heterocycles. The number of aliphatic hydroxyl groups excluding tert-OH is 2. The summed E-state index contributed by atoms with van der Waals surface area (Å²) in [5, 5.41) is 19.0. The van der Waals surface area contributed by atoms with Gasteiger partial charge in [0.2, 0.25) is 0 Å². The Bertz CT molecular complexity index is 2550. The highest BCUT2D eigenvalue weighted by Gasteiger charge is 2.38. The number of rotatable bonds is 32. The van der Waals surface area contributed by atoms with Crippen molar-refractivity contribution in [2.24, 2.45) is 11.3 Å². The highest BCUT2D eigenvalue weighted by Crippen LogP contribution is 2.41. The predicted octanol–water partition coefficient (Wildman–Crippen LogP) is 11.3. The molecule has 3 aromatic carbocycles. The molecule has 0 radical (unpaired) electrons. The fourth-order valence-corrected chi connectivity index (χ4v) is 8.96. The normalized spacial score (nSPS) is 14.2. The topological polar surface area (TPSA) is 181 Å². The summed E-state index contributed by atoms with van der Waals surface area (Å²) in [5.74, 6) is -2.63. The van der Waals surface area contributed by atoms with Gasteiger partial charge in [-0.05, 0) is 148 Å². The van der Waals surface area contributed by atoms with Gasteiger partial charge in [0.05, 0.1) is 37.6 Å². The number of carbonyl (C=O) groups is 5. The molecule has 0 bridgehead atoms. The van der Waals surface area contributed by atoms with E-state index in [9.17, 15) is 34.2 Å². The van der Waals surface area contributed by atoms with Crippen LogP contribution in [0.5, 0.6) is 5.75 Å². The van der Waals surface area contributed by atoms with E-state index in [1.54, 1.807) is 19.1 Å². The van der Waals surface area contributed by atoms with Crippen molar-refractivity contribution in [3.05, 3.63) is 137 Å². The highest BCUT2D eigenvalue weighted by atomic mass is 19.1. The second-order valence-corrected chi connectivity index (χ2v) is 20.2. The zero-order valence-electron chi connectivity index (χ0n) is 45.4. The van der Waals surface area contributed by atoms with Gasteiger partial charge in [0.1, 0.15) is 43.4 Å². The average molecular weight is 1050 g/mol. The third-order valence-electron chi connectivity index (χ3n) is 13.6. The number of halogens is 1. The molecule has 0 amide bonds. The number of aryl methyl sites for hydroxylation is 3. The third kappa shape index (κ3) is 18.6. The van der Waals surface area contributed by atoms with E-state index >= 15 is 4.39 Å². The maximum atomic E-state index is 16.6. The molecule has 1 fully saturated rings. The minimum absolute atomic E-state index is 0.0443. The van der Waals surface area contributed by atoms with E-state index in [-0.39, 0.29) is 59.9 Å². The van der Waals surface area contributed by atoms with E-state index in [1.807, 2.05) is 31.2 Å². The number of esters is 5. The Hall–Kier alpha value is -6.64. The molecule has 0 saturated heterocycles. The zero-order valence-corrected chi connectivity index (χ0v) is 45.4. The van der Waals surface area contributed by atoms with E-state index < -0.39 is 68.3 Å². The summed E-state index contributed by atoms with van der Waals surface area (Å²) >= 11 is 0. The molecule has 2 N–H and O–H groups in total. The summed E-state index contributed by atoms with van der Waals surface area (Å²) in [6.45, 7) is 23.8. The molecular formula is C62H79FO13. The molecule has 14 heteroatoms. The molecule has 0 unspecified atom stereocenters. The van der Waals surface area contributed by atoms with E-state index in [4.69, 9.17) is 28.4 Å². The Morgan fingerprint density at radius 1 is 0.579 bits per heavy atom. The monoisotopic (exact) mass is 1050 g/mol. The summed E-state index contributed by atoms with van der Waals surface area (Å²) in [7, 11) is 0. The van der Waals surface area contributed by atoms with E-state index in [0.29, 0.717) is 48.5 Å². The lowest BCUT2D eigenvalue weighted by Crippen LogP contribution is -2.44. The second-order valence-electron chi connectivity index (χ2n) is 20.2. The fourth-order valence-electron chi connectivity index (χ4n) is 8.96. The van der Waals surface area contributed by atoms with Crippen LogP contribution < -0.4 is 4.74 Å². The molecule has 0 heterocycles. The first-order chi connectivity index (χ1) is 36.3. The fraction of sp³-hybridized carbons (Fsp3) is 0.468. The number of hydrogen-bond acceptors (Lipinski definition) is 13. The van der Waals surface area contributed by atoms with Crippen LogP contribution in [0.4, 0.5) is 4.39 Å². The minimum Gasteiger partial charge on any atom is -0.492 e. The van der Waals surface area contributed by atoms with Gasteiger partial charge in [-0.25, -0.2) is 28.4 Å². The van der Waals surface area contributed by atoms with Crippen LogP contribution in [0.3, 0.4) is 0 Å². The van der Waals surface area contributed by atoms with Crippen LogP contribution >= 0.6 is 0 Å². The van der Waals surface area contributed by atoms with Crippen molar-refractivity contribution < 1.29 is 67.0 Å². The average Bonchev–Trinajstić information content (AvgIpc) is 3.41. The zero-order chi connectivity index (χ0) is 56.0. The SMILES string of the molecule is C=C(C)C(=O)OCCCc1cc(-c2ccc(C3CCC(CCCCC)CC3)cc2F)c(CC)cc1-c1ccc(OCC(COC(=O)C(=C)C)(COC(=O)C(=C)C)COC(=O)C(=C)CO)c(CCCOC(=O)C(=C)CO)c1. The van der Waals surface area contributed by atoms with Crippen LogP contribution in [0.2, 0.25) is 0 Å². The van der Waals surface area contributed by atoms with E-state index in [1.165, 1.54) is 39.5 Å². The highest BCUT2D eigenvalue weighted by molar-refractivity contribution is 5.89. The van der Waals surface area contributed by atoms with Crippen molar-refractivity contribution in [1.29, 1.82) is 0 Å². The molecule has 412 valence electrons. The van der Waals surface area contributed by atoms with E-state index in [2.05, 4.69) is 52.0 Å². The quantitative estimate of drug-likeness (QED) is 0.0261. The van der Waals surface area contributed by atoms with Crippen molar-refractivity contribution in [2.45, 2.75) is 124 Å². The van der Waals surface area contributed by atoms with Crippen molar-refractivity contribution in [3.8, 4) is 28.0 Å². The van der Waals surface area contributed by atoms with Gasteiger partial charge in [0, 0.05) is 22.3 Å². The largest absolute Gasteiger partial charge is 0.492 e. The van der Waals surface area contributed by atoms with Gasteiger partial charge in [-0.15, -0.1) is 0 Å². The maximum Gasteiger partial charge on any atom is 0.335 e. The molecule has 1 aliphatic rings. The van der Waals surface area contributed by atoms with Crippen LogP contribution in [0, 0.1) is 17.2 Å². The molecule has 13 nitrogen and oxygen atoms in total. The lowest BCUT2D eigenvalue weighted by Gasteiger charge is -2.32. The Labute approximate surface area is 448 Å². The lowest BCUT2D eigenvalue weighted by molar-refractivity contribution is -0.160. The smallest absolute Gasteiger partial charge is 0.335 e. The van der Waals surface area contributed by atoms with Gasteiger partial charge in [-0.1, -0.05) is 103 Å². The first kappa shape index (κ1) is 61.9. The number of carbonyl (C=O) groups excluding carboxylic acids is 5. The molecule has 0 spiro atoms. The second kappa shape index (κ2) is 30.8. The number of benzene rings is 3. The van der Waals surface area contributed by atoms with Gasteiger partial charge in [-0.3, -0.25) is 0 Å². The Morgan fingerprint density at radius 3 is 1.64 bits per heavy atom. The van der Waals surface area contributed by atoms with Gasteiger partial charge in [0.15, 0.2) is 0 Å². The first-order valence-corrected chi connectivity index (χ1v) is 26.4. The summed E-state index contributed by atoms with van der Waals surface area (Å²) in [6.07, 6.45) is 11.5. The molecule has 1 saturated carbocycles. The number of aliphatic hydroxyl groups is 2. The summed E-state index contributed by atoms with van der Waals surface area (Å²) in [6, 6.07) is 15.3. The van der Waals surface area contributed by atoms with Crippen LogP contribution in [0.25, 0.3) is 22.3 Å². The van der Waals surface area contributed by atoms with Gasteiger partial charge >= 0.3 is 29.8 Å². The third-order valence-corrected chi connectivity index (χ3v) is 13.6. The van der Waals surface area contributed by atoms with Crippen LogP contribution in [-0.4, -0.2) is 92.9 Å². The summed E-state index contributed by atoms with van der Waals surface area (Å²) in [4.78, 5) is 63.3. The summed E-state index contributed by atoms with van der Waals surface area (Å²) < 4.78 is 50.7. The molecular weight excluding hydrogens is 972 g/mol. The minimum atomic E-state index is -1.54. The molecule has 3 aromatic rings. The Morgan fingerprint density at radius 2 is 1.11 bits per heavy atom. The molecule has 0 atom stereocenters. The van der Waals surface area contributed by atoms with Gasteiger partial charge in [0.25, 0.3) is 0 Å². The van der Waals surface area contributed by atoms with Gasteiger partial charge < -0.3 is 38.6 Å². The Kier molecular flexibility index (Phi) is 25.1. The number of unbranched alkanes of at least 4 members (excludes halogenated alkanes) is 2. The van der Waals surface area contributed by atoms with Crippen molar-refractivity contribution >= 4 is 29.8 Å². The predicted molar refractivity (Wildman–Crippen MR) is 292 cm³/mol. The van der Waals surface area contributed by atoms with Crippen LogP contribution in [0.15, 0.2) is 109 Å². The van der Waals surface area contributed by atoms with Crippen LogP contribution in [0.1, 0.15) is 127 Å². The molecule has 4 rings (SSSR count). The molecule has 1 aliphatic carbocycles. The molecule has 0 aliphatic heterocycles. The number of hydrogen-bond donors (Lipinski definition) is 2. The van der Waals surface area contributed by atoms with Crippen molar-refractivity contribution in [2.75, 3.05) is 52.9 Å². The first-order valence-electron chi connectivity index (χ1n) is 26.4.